The molecule has 0 unspecified atom stereocenters. The van der Waals surface area contributed by atoms with Gasteiger partial charge in [-0.15, -0.1) is 0 Å². The molecule has 116 valence electrons. The van der Waals surface area contributed by atoms with Gasteiger partial charge in [0.15, 0.2) is 0 Å². The topological polar surface area (TPSA) is 89.6 Å². The molecular weight excluding hydrogens is 270 g/mol. The van der Waals surface area contributed by atoms with E-state index in [4.69, 9.17) is 14.6 Å². The highest BCUT2D eigenvalue weighted by Crippen LogP contribution is 2.33. The van der Waals surface area contributed by atoms with E-state index in [0.29, 0.717) is 5.57 Å². The van der Waals surface area contributed by atoms with Crippen LogP contribution >= 0.6 is 0 Å². The molecule has 2 aliphatic rings. The largest absolute Gasteiger partial charge is 0.465 e. The Balaban J connectivity index is 0.000000491. The van der Waals surface area contributed by atoms with Gasteiger partial charge in [-0.2, -0.15) is 0 Å². The van der Waals surface area contributed by atoms with Crippen LogP contribution in [0.4, 0.5) is 4.79 Å². The Bertz CT molecular complexity index is 487. The molecule has 0 bridgehead atoms. The van der Waals surface area contributed by atoms with Crippen molar-refractivity contribution < 1.29 is 19.4 Å². The number of rotatable bonds is 0. The summed E-state index contributed by atoms with van der Waals surface area (Å²) in [4.78, 5) is 20.3. The van der Waals surface area contributed by atoms with Crippen molar-refractivity contribution in [1.29, 1.82) is 0 Å². The smallest absolute Gasteiger partial charge is 0.402 e. The number of carbonyl (C=O) groups is 2. The van der Waals surface area contributed by atoms with E-state index in [0.717, 1.165) is 25.7 Å². The molecule has 21 heavy (non-hydrogen) atoms. The second kappa shape index (κ2) is 7.67. The molecule has 0 radical (unpaired) electrons. The Hall–Kier alpha value is -2.04. The summed E-state index contributed by atoms with van der Waals surface area (Å²) in [6.07, 6.45) is 7.12. The van der Waals surface area contributed by atoms with Crippen molar-refractivity contribution in [3.8, 4) is 0 Å². The normalized spacial score (nSPS) is 30.6. The molecule has 1 fully saturated rings. The highest BCUT2D eigenvalue weighted by molar-refractivity contribution is 5.91. The number of carboxylic acid groups (broad SMARTS) is 1. The molecule has 1 saturated heterocycles. The lowest BCUT2D eigenvalue weighted by molar-refractivity contribution is -0.137. The maximum Gasteiger partial charge on any atom is 0.402 e. The summed E-state index contributed by atoms with van der Waals surface area (Å²) in [5.74, 6) is -0.0520. The summed E-state index contributed by atoms with van der Waals surface area (Å²) in [5, 5.41) is 7.19. The van der Waals surface area contributed by atoms with Crippen LogP contribution in [0.25, 0.3) is 0 Å². The molecule has 0 spiro atoms. The summed E-state index contributed by atoms with van der Waals surface area (Å²) in [6.45, 7) is 8.14. The van der Waals surface area contributed by atoms with Gasteiger partial charge in [0.1, 0.15) is 6.10 Å². The summed E-state index contributed by atoms with van der Waals surface area (Å²) in [6, 6.07) is 0. The lowest BCUT2D eigenvalue weighted by Crippen LogP contribution is -2.15. The van der Waals surface area contributed by atoms with Crippen molar-refractivity contribution in [3.05, 3.63) is 35.5 Å². The standard InChI is InChI=1S/C15H20O2.CH3NO2/c1-10-5-4-6-11(2)9-14-13(8-7-10)12(3)15(16)17-14;2-1(3)4/h5,9,13-14H,3-4,6-8H2,1-2H3;2H2,(H,3,4)/b10-5+,11-9+;/t13-,14+;/m0./s1. The second-order valence-corrected chi connectivity index (χ2v) is 5.48. The average molecular weight is 293 g/mol. The summed E-state index contributed by atoms with van der Waals surface area (Å²) >= 11 is 0. The van der Waals surface area contributed by atoms with Crippen LogP contribution in [-0.4, -0.2) is 23.3 Å². The van der Waals surface area contributed by atoms with Crippen LogP contribution in [0.5, 0.6) is 0 Å². The Morgan fingerprint density at radius 1 is 1.38 bits per heavy atom. The first-order valence-electron chi connectivity index (χ1n) is 7.02. The van der Waals surface area contributed by atoms with E-state index in [1.807, 2.05) is 0 Å². The first kappa shape index (κ1) is 17.0. The molecule has 1 amide bonds. The zero-order chi connectivity index (χ0) is 16.0. The lowest BCUT2D eigenvalue weighted by atomic mass is 9.88. The highest BCUT2D eigenvalue weighted by atomic mass is 16.5. The molecule has 0 saturated carbocycles. The average Bonchev–Trinajstić information content (AvgIpc) is 2.61. The third kappa shape index (κ3) is 5.45. The molecule has 5 heteroatoms. The number of fused-ring (bicyclic) bond motifs is 1. The van der Waals surface area contributed by atoms with Crippen molar-refractivity contribution >= 4 is 12.1 Å². The SMILES string of the molecule is C=C1C(=O)O[C@@H]2/C=C(\C)CC/C=C(\C)CC[C@@H]12.NC(=O)O. The Labute approximate surface area is 125 Å². The zero-order valence-corrected chi connectivity index (χ0v) is 12.6. The summed E-state index contributed by atoms with van der Waals surface area (Å²) in [5.41, 5.74) is 7.38. The summed E-state index contributed by atoms with van der Waals surface area (Å²) < 4.78 is 5.38. The van der Waals surface area contributed by atoms with Gasteiger partial charge < -0.3 is 15.6 Å². The van der Waals surface area contributed by atoms with Crippen molar-refractivity contribution in [3.63, 3.8) is 0 Å². The van der Waals surface area contributed by atoms with E-state index in [9.17, 15) is 4.79 Å². The first-order chi connectivity index (χ1) is 9.81. The predicted octanol–water partition coefficient (Wildman–Crippen LogP) is 3.17. The fourth-order valence-electron chi connectivity index (χ4n) is 2.51. The Kier molecular flexibility index (Phi) is 6.21. The molecular formula is C16H23NO4. The molecule has 2 atom stereocenters. The minimum absolute atomic E-state index is 0.0825. The second-order valence-electron chi connectivity index (χ2n) is 5.48. The number of hydrogen-bond acceptors (Lipinski definition) is 3. The molecule has 0 aromatic carbocycles. The number of carbonyl (C=O) groups excluding carboxylic acids is 1. The number of nitrogens with two attached hydrogens (primary N) is 1. The number of ether oxygens (including phenoxy) is 1. The lowest BCUT2D eigenvalue weighted by Gasteiger charge is -2.17. The van der Waals surface area contributed by atoms with E-state index < -0.39 is 6.09 Å². The van der Waals surface area contributed by atoms with Gasteiger partial charge in [-0.05, 0) is 45.6 Å². The maximum atomic E-state index is 11.6. The van der Waals surface area contributed by atoms with Crippen molar-refractivity contribution in [1.82, 2.24) is 0 Å². The van der Waals surface area contributed by atoms with Gasteiger partial charge in [0, 0.05) is 11.5 Å². The highest BCUT2D eigenvalue weighted by Gasteiger charge is 2.36. The molecule has 5 nitrogen and oxygen atoms in total. The van der Waals surface area contributed by atoms with Crippen LogP contribution < -0.4 is 5.73 Å². The minimum Gasteiger partial charge on any atom is -0.465 e. The van der Waals surface area contributed by atoms with Gasteiger partial charge in [0.2, 0.25) is 0 Å². The molecule has 1 heterocycles. The summed E-state index contributed by atoms with van der Waals surface area (Å²) in [7, 11) is 0. The molecule has 0 aromatic heterocycles. The minimum atomic E-state index is -1.33. The monoisotopic (exact) mass is 293 g/mol. The van der Waals surface area contributed by atoms with Crippen molar-refractivity contribution in [2.75, 3.05) is 0 Å². The third-order valence-corrected chi connectivity index (χ3v) is 3.68. The van der Waals surface area contributed by atoms with E-state index in [1.54, 1.807) is 0 Å². The first-order valence-corrected chi connectivity index (χ1v) is 7.02. The van der Waals surface area contributed by atoms with Crippen molar-refractivity contribution in [2.24, 2.45) is 11.7 Å². The number of primary amides is 1. The number of hydrogen-bond donors (Lipinski definition) is 2. The van der Waals surface area contributed by atoms with Gasteiger partial charge in [0.05, 0.1) is 0 Å². The number of amides is 1. The van der Waals surface area contributed by atoms with Gasteiger partial charge >= 0.3 is 12.1 Å². The quantitative estimate of drug-likeness (QED) is 0.408. The van der Waals surface area contributed by atoms with Crippen LogP contribution in [0.2, 0.25) is 0 Å². The van der Waals surface area contributed by atoms with Gasteiger partial charge in [-0.1, -0.05) is 23.8 Å². The van der Waals surface area contributed by atoms with Gasteiger partial charge in [-0.3, -0.25) is 0 Å². The van der Waals surface area contributed by atoms with Crippen LogP contribution in [0.1, 0.15) is 39.5 Å². The fraction of sp³-hybridized carbons (Fsp3) is 0.500. The molecule has 1 aliphatic heterocycles. The zero-order valence-electron chi connectivity index (χ0n) is 12.6. The molecule has 1 aliphatic carbocycles. The maximum absolute atomic E-state index is 11.6. The third-order valence-electron chi connectivity index (χ3n) is 3.68. The molecule has 3 N–H and O–H groups in total. The van der Waals surface area contributed by atoms with Gasteiger partial charge in [-0.25, -0.2) is 9.59 Å². The van der Waals surface area contributed by atoms with Crippen LogP contribution in [-0.2, 0) is 9.53 Å². The number of allylic oxidation sites excluding steroid dienone is 3. The number of esters is 1. The fourth-order valence-corrected chi connectivity index (χ4v) is 2.51. The Morgan fingerprint density at radius 3 is 2.62 bits per heavy atom. The van der Waals surface area contributed by atoms with E-state index in [-0.39, 0.29) is 18.0 Å². The van der Waals surface area contributed by atoms with Crippen molar-refractivity contribution in [2.45, 2.75) is 45.6 Å². The van der Waals surface area contributed by atoms with Crippen LogP contribution in [0.15, 0.2) is 35.5 Å². The van der Waals surface area contributed by atoms with E-state index in [1.165, 1.54) is 11.1 Å². The molecule has 2 rings (SSSR count). The van der Waals surface area contributed by atoms with Gasteiger partial charge in [0.25, 0.3) is 0 Å². The Morgan fingerprint density at radius 2 is 2.00 bits per heavy atom. The molecule has 0 aromatic rings. The van der Waals surface area contributed by atoms with E-state index >= 15 is 0 Å². The predicted molar refractivity (Wildman–Crippen MR) is 80.7 cm³/mol. The van der Waals surface area contributed by atoms with Crippen LogP contribution in [0, 0.1) is 5.92 Å². The van der Waals surface area contributed by atoms with E-state index in [2.05, 4.69) is 38.3 Å². The van der Waals surface area contributed by atoms with Crippen LogP contribution in [0.3, 0.4) is 0 Å².